The average molecular weight is 375 g/mol. The first-order valence-electron chi connectivity index (χ1n) is 7.96. The molecule has 0 amide bonds. The Morgan fingerprint density at radius 2 is 1.71 bits per heavy atom. The second kappa shape index (κ2) is 6.74. The molecule has 0 aromatic heterocycles. The summed E-state index contributed by atoms with van der Waals surface area (Å²) in [7, 11) is -3.30. The van der Waals surface area contributed by atoms with Crippen molar-refractivity contribution < 1.29 is 16.8 Å². The van der Waals surface area contributed by atoms with E-state index in [1.165, 1.54) is 18.2 Å². The largest absolute Gasteiger partial charge is 0.302 e. The van der Waals surface area contributed by atoms with Crippen molar-refractivity contribution in [1.82, 2.24) is 9.62 Å². The zero-order chi connectivity index (χ0) is 18.2. The summed E-state index contributed by atoms with van der Waals surface area (Å²) in [6.07, 6.45) is 5.14. The van der Waals surface area contributed by atoms with Crippen LogP contribution in [0.4, 0.5) is 0 Å². The lowest BCUT2D eigenvalue weighted by atomic mass is 9.97. The minimum Gasteiger partial charge on any atom is -0.302 e. The van der Waals surface area contributed by atoms with Crippen molar-refractivity contribution in [1.29, 1.82) is 0 Å². The maximum absolute atomic E-state index is 12.7. The minimum absolute atomic E-state index is 0.0108. The molecule has 0 atom stereocenters. The highest BCUT2D eigenvalue weighted by molar-refractivity contribution is 7.91. The molecule has 1 fully saturated rings. The molecule has 24 heavy (non-hydrogen) atoms. The van der Waals surface area contributed by atoms with E-state index in [0.717, 1.165) is 31.9 Å². The van der Waals surface area contributed by atoms with Crippen LogP contribution in [0.2, 0.25) is 0 Å². The molecule has 136 valence electrons. The lowest BCUT2D eigenvalue weighted by Crippen LogP contribution is -2.50. The van der Waals surface area contributed by atoms with Crippen LogP contribution in [0, 0.1) is 6.92 Å². The Labute approximate surface area is 145 Å². The third kappa shape index (κ3) is 3.99. The van der Waals surface area contributed by atoms with E-state index in [4.69, 9.17) is 0 Å². The third-order valence-electron chi connectivity index (χ3n) is 4.95. The van der Waals surface area contributed by atoms with Crippen LogP contribution in [0.25, 0.3) is 0 Å². The van der Waals surface area contributed by atoms with E-state index < -0.39 is 19.9 Å². The first-order valence-corrected chi connectivity index (χ1v) is 11.3. The Morgan fingerprint density at radius 3 is 2.21 bits per heavy atom. The molecule has 1 aliphatic rings. The number of hydrogen-bond acceptors (Lipinski definition) is 5. The zero-order valence-corrected chi connectivity index (χ0v) is 16.3. The zero-order valence-electron chi connectivity index (χ0n) is 14.7. The molecule has 1 saturated carbocycles. The molecule has 1 aromatic rings. The van der Waals surface area contributed by atoms with Gasteiger partial charge in [0.1, 0.15) is 0 Å². The van der Waals surface area contributed by atoms with Crippen LogP contribution in [-0.2, 0) is 19.9 Å². The number of rotatable bonds is 6. The standard InChI is InChI=1S/C16H26N2O4S2/c1-13-7-8-14(23(4,19)20)11-15(13)24(21,22)17-12-16(18(2)3)9-5-6-10-16/h7-8,11,17H,5-6,9-10,12H2,1-4H3. The van der Waals surface area contributed by atoms with E-state index >= 15 is 0 Å². The van der Waals surface area contributed by atoms with Gasteiger partial charge >= 0.3 is 0 Å². The summed E-state index contributed by atoms with van der Waals surface area (Å²) in [6, 6.07) is 4.20. The van der Waals surface area contributed by atoms with Crippen molar-refractivity contribution >= 4 is 19.9 Å². The van der Waals surface area contributed by atoms with Crippen LogP contribution in [0.15, 0.2) is 28.0 Å². The van der Waals surface area contributed by atoms with Crippen LogP contribution in [0.5, 0.6) is 0 Å². The fourth-order valence-electron chi connectivity index (χ4n) is 3.22. The summed E-state index contributed by atoms with van der Waals surface area (Å²) in [6.45, 7) is 1.99. The van der Waals surface area contributed by atoms with Gasteiger partial charge in [0.05, 0.1) is 9.79 Å². The molecule has 0 saturated heterocycles. The first-order chi connectivity index (χ1) is 11.0. The van der Waals surface area contributed by atoms with Crippen molar-refractivity contribution in [2.45, 2.75) is 47.9 Å². The maximum atomic E-state index is 12.7. The quantitative estimate of drug-likeness (QED) is 0.817. The highest BCUT2D eigenvalue weighted by atomic mass is 32.2. The van der Waals surface area contributed by atoms with Crippen molar-refractivity contribution in [2.75, 3.05) is 26.9 Å². The molecule has 1 N–H and O–H groups in total. The second-order valence-electron chi connectivity index (χ2n) is 6.85. The molecule has 0 heterocycles. The lowest BCUT2D eigenvalue weighted by molar-refractivity contribution is 0.162. The van der Waals surface area contributed by atoms with Gasteiger partial charge in [-0.25, -0.2) is 21.6 Å². The Bertz CT molecular complexity index is 808. The molecule has 1 aromatic carbocycles. The van der Waals surface area contributed by atoms with Crippen LogP contribution in [-0.4, -0.2) is 54.2 Å². The van der Waals surface area contributed by atoms with Crippen LogP contribution in [0.3, 0.4) is 0 Å². The van der Waals surface area contributed by atoms with Gasteiger partial charge in [0.15, 0.2) is 9.84 Å². The van der Waals surface area contributed by atoms with Gasteiger partial charge in [0.2, 0.25) is 10.0 Å². The SMILES string of the molecule is Cc1ccc(S(C)(=O)=O)cc1S(=O)(=O)NCC1(N(C)C)CCCC1. The summed E-state index contributed by atoms with van der Waals surface area (Å²) in [5.41, 5.74) is 0.357. The molecule has 0 radical (unpaired) electrons. The van der Waals surface area contributed by atoms with Gasteiger partial charge in [-0.2, -0.15) is 0 Å². The Hall–Kier alpha value is -0.960. The van der Waals surface area contributed by atoms with E-state index in [1.807, 2.05) is 14.1 Å². The van der Waals surface area contributed by atoms with Gasteiger partial charge in [-0.3, -0.25) is 0 Å². The molecular formula is C16H26N2O4S2. The molecule has 0 unspecified atom stereocenters. The molecule has 0 bridgehead atoms. The Kier molecular flexibility index (Phi) is 5.44. The van der Waals surface area contributed by atoms with E-state index in [0.29, 0.717) is 12.1 Å². The normalized spacial score (nSPS) is 18.2. The number of hydrogen-bond donors (Lipinski definition) is 1. The van der Waals surface area contributed by atoms with Crippen molar-refractivity contribution in [2.24, 2.45) is 0 Å². The summed E-state index contributed by atoms with van der Waals surface area (Å²) in [5.74, 6) is 0. The third-order valence-corrected chi connectivity index (χ3v) is 7.60. The van der Waals surface area contributed by atoms with Gasteiger partial charge in [-0.1, -0.05) is 18.9 Å². The number of nitrogens with one attached hydrogen (secondary N) is 1. The van der Waals surface area contributed by atoms with E-state index in [1.54, 1.807) is 6.92 Å². The first kappa shape index (κ1) is 19.4. The van der Waals surface area contributed by atoms with Crippen molar-refractivity contribution in [3.8, 4) is 0 Å². The minimum atomic E-state index is -3.77. The van der Waals surface area contributed by atoms with Gasteiger partial charge in [0, 0.05) is 18.3 Å². The number of nitrogens with zero attached hydrogens (tertiary/aromatic N) is 1. The number of aryl methyl sites for hydroxylation is 1. The van der Waals surface area contributed by atoms with E-state index in [2.05, 4.69) is 9.62 Å². The monoisotopic (exact) mass is 374 g/mol. The number of sulfone groups is 1. The highest BCUT2D eigenvalue weighted by Gasteiger charge is 2.37. The van der Waals surface area contributed by atoms with Crippen LogP contribution >= 0.6 is 0 Å². The maximum Gasteiger partial charge on any atom is 0.240 e. The number of likely N-dealkylation sites (N-methyl/N-ethyl adjacent to an activating group) is 1. The van der Waals surface area contributed by atoms with Gasteiger partial charge in [0.25, 0.3) is 0 Å². The Morgan fingerprint density at radius 1 is 1.12 bits per heavy atom. The summed E-state index contributed by atoms with van der Waals surface area (Å²) in [4.78, 5) is 2.12. The lowest BCUT2D eigenvalue weighted by Gasteiger charge is -2.36. The predicted octanol–water partition coefficient (Wildman–Crippen LogP) is 1.55. The summed E-state index contributed by atoms with van der Waals surface area (Å²) in [5, 5.41) is 0. The Balaban J connectivity index is 2.31. The molecular weight excluding hydrogens is 348 g/mol. The van der Waals surface area contributed by atoms with Crippen molar-refractivity contribution in [3.05, 3.63) is 23.8 Å². The average Bonchev–Trinajstić information content (AvgIpc) is 2.94. The van der Waals surface area contributed by atoms with Crippen molar-refractivity contribution in [3.63, 3.8) is 0 Å². The van der Waals surface area contributed by atoms with Crippen LogP contribution < -0.4 is 4.72 Å². The molecule has 0 aliphatic heterocycles. The molecule has 1 aliphatic carbocycles. The van der Waals surface area contributed by atoms with Gasteiger partial charge in [-0.05, 0) is 51.6 Å². The van der Waals surface area contributed by atoms with E-state index in [-0.39, 0.29) is 15.3 Å². The topological polar surface area (TPSA) is 83.5 Å². The van der Waals surface area contributed by atoms with E-state index in [9.17, 15) is 16.8 Å². The molecule has 8 heteroatoms. The fraction of sp³-hybridized carbons (Fsp3) is 0.625. The smallest absolute Gasteiger partial charge is 0.240 e. The summed E-state index contributed by atoms with van der Waals surface area (Å²) >= 11 is 0. The fourth-order valence-corrected chi connectivity index (χ4v) is 5.33. The second-order valence-corrected chi connectivity index (χ2v) is 10.6. The number of benzene rings is 1. The van der Waals surface area contributed by atoms with Crippen LogP contribution in [0.1, 0.15) is 31.2 Å². The summed E-state index contributed by atoms with van der Waals surface area (Å²) < 4.78 is 51.6. The van der Waals surface area contributed by atoms with Gasteiger partial charge < -0.3 is 4.90 Å². The molecule has 0 spiro atoms. The molecule has 6 nitrogen and oxygen atoms in total. The number of sulfonamides is 1. The highest BCUT2D eigenvalue weighted by Crippen LogP contribution is 2.33. The predicted molar refractivity (Wildman–Crippen MR) is 94.4 cm³/mol. The molecule has 2 rings (SSSR count). The van der Waals surface area contributed by atoms with Gasteiger partial charge in [-0.15, -0.1) is 0 Å².